The van der Waals surface area contributed by atoms with Crippen molar-refractivity contribution >= 4 is 28.5 Å². The molecule has 2 aromatic heterocycles. The van der Waals surface area contributed by atoms with Crippen molar-refractivity contribution in [2.75, 3.05) is 0 Å². The number of aromatic nitrogens is 1. The van der Waals surface area contributed by atoms with E-state index in [9.17, 15) is 4.79 Å². The van der Waals surface area contributed by atoms with Crippen molar-refractivity contribution < 1.29 is 4.79 Å². The molecule has 0 atom stereocenters. The second-order valence-corrected chi connectivity index (χ2v) is 5.19. The summed E-state index contributed by atoms with van der Waals surface area (Å²) in [7, 11) is 0. The fourth-order valence-corrected chi connectivity index (χ4v) is 2.93. The third-order valence-electron chi connectivity index (χ3n) is 2.19. The first-order valence-corrected chi connectivity index (χ1v) is 6.51. The van der Waals surface area contributed by atoms with E-state index in [0.717, 1.165) is 21.9 Å². The Morgan fingerprint density at radius 3 is 2.87 bits per heavy atom. The molecule has 0 amide bonds. The van der Waals surface area contributed by atoms with Gasteiger partial charge in [-0.25, -0.2) is 4.98 Å². The summed E-state index contributed by atoms with van der Waals surface area (Å²) in [5.41, 5.74) is 1.70. The van der Waals surface area contributed by atoms with Crippen LogP contribution in [0.3, 0.4) is 0 Å². The second kappa shape index (κ2) is 4.24. The van der Waals surface area contributed by atoms with Gasteiger partial charge in [-0.15, -0.1) is 22.7 Å². The van der Waals surface area contributed by atoms with E-state index in [1.165, 1.54) is 22.7 Å². The maximum atomic E-state index is 12.1. The van der Waals surface area contributed by atoms with Gasteiger partial charge in [-0.1, -0.05) is 6.92 Å². The summed E-state index contributed by atoms with van der Waals surface area (Å²) in [6, 6.07) is 2.01. The first kappa shape index (κ1) is 10.5. The minimum absolute atomic E-state index is 0.0613. The zero-order chi connectivity index (χ0) is 10.8. The molecule has 0 unspecified atom stereocenters. The maximum Gasteiger partial charge on any atom is 0.222 e. The Labute approximate surface area is 96.6 Å². The molecule has 2 rings (SSSR count). The Balaban J connectivity index is 2.36. The molecule has 2 nitrogen and oxygen atoms in total. The van der Waals surface area contributed by atoms with Crippen molar-refractivity contribution in [2.45, 2.75) is 20.3 Å². The fourth-order valence-electron chi connectivity index (χ4n) is 1.40. The summed E-state index contributed by atoms with van der Waals surface area (Å²) in [4.78, 5) is 17.1. The van der Waals surface area contributed by atoms with Gasteiger partial charge in [0.1, 0.15) is 5.69 Å². The molecule has 0 aliphatic heterocycles. The van der Waals surface area contributed by atoms with Gasteiger partial charge in [-0.2, -0.15) is 0 Å². The molecule has 0 aliphatic carbocycles. The summed E-state index contributed by atoms with van der Waals surface area (Å²) in [5.74, 6) is 0.0613. The quantitative estimate of drug-likeness (QED) is 0.767. The van der Waals surface area contributed by atoms with Crippen LogP contribution in [0.25, 0.3) is 0 Å². The number of hydrogen-bond donors (Lipinski definition) is 0. The minimum atomic E-state index is 0.0613. The molecule has 15 heavy (non-hydrogen) atoms. The average Bonchev–Trinajstić information content (AvgIpc) is 2.84. The smallest absolute Gasteiger partial charge is 0.222 e. The number of carbonyl (C=O) groups is 1. The van der Waals surface area contributed by atoms with Crippen LogP contribution >= 0.6 is 22.7 Å². The van der Waals surface area contributed by atoms with Gasteiger partial charge in [0.15, 0.2) is 0 Å². The average molecular weight is 237 g/mol. The number of aryl methyl sites for hydroxylation is 2. The SMILES string of the molecule is CCc1ccsc1C(=O)c1csc(C)n1. The number of nitrogens with zero attached hydrogens (tertiary/aromatic N) is 1. The van der Waals surface area contributed by atoms with E-state index in [1.54, 1.807) is 0 Å². The van der Waals surface area contributed by atoms with E-state index >= 15 is 0 Å². The first-order chi connectivity index (χ1) is 7.22. The van der Waals surface area contributed by atoms with Crippen molar-refractivity contribution in [1.29, 1.82) is 0 Å². The molecule has 2 aromatic rings. The molecule has 0 saturated heterocycles. The molecule has 0 aliphatic rings. The van der Waals surface area contributed by atoms with Crippen LogP contribution in [0.5, 0.6) is 0 Å². The van der Waals surface area contributed by atoms with E-state index in [1.807, 2.05) is 23.8 Å². The molecule has 0 spiro atoms. The summed E-state index contributed by atoms with van der Waals surface area (Å²) in [6.45, 7) is 3.97. The molecule has 0 aromatic carbocycles. The molecule has 4 heteroatoms. The van der Waals surface area contributed by atoms with Gasteiger partial charge in [-0.3, -0.25) is 4.79 Å². The third-order valence-corrected chi connectivity index (χ3v) is 3.91. The normalized spacial score (nSPS) is 10.5. The summed E-state index contributed by atoms with van der Waals surface area (Å²) in [5, 5.41) is 4.73. The van der Waals surface area contributed by atoms with Crippen molar-refractivity contribution in [3.63, 3.8) is 0 Å². The highest BCUT2D eigenvalue weighted by atomic mass is 32.1. The molecule has 0 radical (unpaired) electrons. The summed E-state index contributed by atoms with van der Waals surface area (Å²) in [6.07, 6.45) is 0.897. The van der Waals surface area contributed by atoms with Crippen LogP contribution in [0.4, 0.5) is 0 Å². The Morgan fingerprint density at radius 2 is 2.27 bits per heavy atom. The van der Waals surface area contributed by atoms with E-state index in [2.05, 4.69) is 11.9 Å². The number of thiazole rings is 1. The van der Waals surface area contributed by atoms with E-state index < -0.39 is 0 Å². The lowest BCUT2D eigenvalue weighted by molar-refractivity contribution is 0.103. The molecule has 78 valence electrons. The van der Waals surface area contributed by atoms with Gasteiger partial charge in [-0.05, 0) is 30.4 Å². The van der Waals surface area contributed by atoms with Crippen LogP contribution in [0.15, 0.2) is 16.8 Å². The van der Waals surface area contributed by atoms with Crippen LogP contribution in [0.1, 0.15) is 32.9 Å². The van der Waals surface area contributed by atoms with E-state index in [0.29, 0.717) is 5.69 Å². The van der Waals surface area contributed by atoms with E-state index in [-0.39, 0.29) is 5.78 Å². The molecular formula is C11H11NOS2. The van der Waals surface area contributed by atoms with Crippen molar-refractivity contribution in [1.82, 2.24) is 4.98 Å². The molecular weight excluding hydrogens is 226 g/mol. The van der Waals surface area contributed by atoms with Gasteiger partial charge >= 0.3 is 0 Å². The van der Waals surface area contributed by atoms with Gasteiger partial charge in [0.25, 0.3) is 0 Å². The second-order valence-electron chi connectivity index (χ2n) is 3.21. The Hall–Kier alpha value is -1.00. The van der Waals surface area contributed by atoms with Gasteiger partial charge < -0.3 is 0 Å². The van der Waals surface area contributed by atoms with Crippen LogP contribution in [0.2, 0.25) is 0 Å². The largest absolute Gasteiger partial charge is 0.286 e. The molecule has 0 fully saturated rings. The van der Waals surface area contributed by atoms with Crippen LogP contribution in [-0.4, -0.2) is 10.8 Å². The van der Waals surface area contributed by atoms with E-state index in [4.69, 9.17) is 0 Å². The van der Waals surface area contributed by atoms with Gasteiger partial charge in [0, 0.05) is 5.38 Å². The number of hydrogen-bond acceptors (Lipinski definition) is 4. The van der Waals surface area contributed by atoms with Gasteiger partial charge in [0.05, 0.1) is 9.88 Å². The predicted octanol–water partition coefficient (Wildman–Crippen LogP) is 3.31. The zero-order valence-electron chi connectivity index (χ0n) is 8.61. The Bertz CT molecular complexity index is 484. The standard InChI is InChI=1S/C11H11NOS2/c1-3-8-4-5-14-11(8)10(13)9-6-15-7(2)12-9/h4-6H,3H2,1-2H3. The molecule has 0 N–H and O–H groups in total. The Morgan fingerprint density at radius 1 is 1.47 bits per heavy atom. The van der Waals surface area contributed by atoms with Crippen molar-refractivity contribution in [2.24, 2.45) is 0 Å². The van der Waals surface area contributed by atoms with Crippen molar-refractivity contribution in [3.8, 4) is 0 Å². The lowest BCUT2D eigenvalue weighted by Crippen LogP contribution is -2.01. The topological polar surface area (TPSA) is 30.0 Å². The number of ketones is 1. The van der Waals surface area contributed by atoms with Crippen LogP contribution < -0.4 is 0 Å². The molecule has 2 heterocycles. The number of thiophene rings is 1. The molecule has 0 bridgehead atoms. The summed E-state index contributed by atoms with van der Waals surface area (Å²) >= 11 is 3.02. The highest BCUT2D eigenvalue weighted by molar-refractivity contribution is 7.12. The first-order valence-electron chi connectivity index (χ1n) is 4.75. The number of rotatable bonds is 3. The zero-order valence-corrected chi connectivity index (χ0v) is 10.2. The highest BCUT2D eigenvalue weighted by Crippen LogP contribution is 2.22. The van der Waals surface area contributed by atoms with Crippen molar-refractivity contribution in [3.05, 3.63) is 38.0 Å². The lowest BCUT2D eigenvalue weighted by Gasteiger charge is -1.96. The maximum absolute atomic E-state index is 12.1. The predicted molar refractivity (Wildman–Crippen MR) is 64.0 cm³/mol. The number of carbonyl (C=O) groups excluding carboxylic acids is 1. The summed E-state index contributed by atoms with van der Waals surface area (Å²) < 4.78 is 0. The highest BCUT2D eigenvalue weighted by Gasteiger charge is 2.16. The monoisotopic (exact) mass is 237 g/mol. The lowest BCUT2D eigenvalue weighted by atomic mass is 10.1. The van der Waals surface area contributed by atoms with Gasteiger partial charge in [0.2, 0.25) is 5.78 Å². The van der Waals surface area contributed by atoms with Crippen LogP contribution in [-0.2, 0) is 6.42 Å². The Kier molecular flexibility index (Phi) is 2.98. The minimum Gasteiger partial charge on any atom is -0.286 e. The fraction of sp³-hybridized carbons (Fsp3) is 0.273. The third kappa shape index (κ3) is 2.01. The van der Waals surface area contributed by atoms with Crippen LogP contribution in [0, 0.1) is 6.92 Å². The molecule has 0 saturated carbocycles.